The van der Waals surface area contributed by atoms with E-state index in [9.17, 15) is 9.59 Å². The third-order valence-electron chi connectivity index (χ3n) is 5.93. The van der Waals surface area contributed by atoms with Crippen LogP contribution in [0.2, 0.25) is 0 Å². The predicted octanol–water partition coefficient (Wildman–Crippen LogP) is 6.50. The van der Waals surface area contributed by atoms with Crippen LogP contribution in [0.4, 0.5) is 5.69 Å². The molecule has 4 aromatic carbocycles. The quantitative estimate of drug-likeness (QED) is 0.261. The third kappa shape index (κ3) is 4.53. The fourth-order valence-electron chi connectivity index (χ4n) is 4.25. The van der Waals surface area contributed by atoms with E-state index >= 15 is 0 Å². The first-order chi connectivity index (χ1) is 17.6. The average Bonchev–Trinajstić information content (AvgIpc) is 3.26. The lowest BCUT2D eigenvalue weighted by Gasteiger charge is -2.11. The van der Waals surface area contributed by atoms with Crippen molar-refractivity contribution in [1.82, 2.24) is 4.57 Å². The van der Waals surface area contributed by atoms with E-state index in [0.717, 1.165) is 26.7 Å². The van der Waals surface area contributed by atoms with Gasteiger partial charge in [-0.25, -0.2) is 0 Å². The number of hydrogen-bond donors (Lipinski definition) is 1. The molecular formula is C29H24N2O4S. The lowest BCUT2D eigenvalue weighted by Crippen LogP contribution is -2.13. The van der Waals surface area contributed by atoms with E-state index in [1.165, 1.54) is 18.9 Å². The van der Waals surface area contributed by atoms with E-state index in [1.54, 1.807) is 29.9 Å². The van der Waals surface area contributed by atoms with Gasteiger partial charge in [0, 0.05) is 26.9 Å². The Kier molecular flexibility index (Phi) is 6.64. The minimum atomic E-state index is -0.264. The summed E-state index contributed by atoms with van der Waals surface area (Å²) in [4.78, 5) is 27.0. The molecule has 0 radical (unpaired) electrons. The molecule has 0 spiro atoms. The van der Waals surface area contributed by atoms with Crippen molar-refractivity contribution in [3.8, 4) is 11.5 Å². The Bertz CT molecular complexity index is 1540. The first kappa shape index (κ1) is 23.5. The summed E-state index contributed by atoms with van der Waals surface area (Å²) < 4.78 is 12.3. The highest BCUT2D eigenvalue weighted by molar-refractivity contribution is 8.00. The minimum Gasteiger partial charge on any atom is -0.493 e. The molecule has 1 N–H and O–H groups in total. The van der Waals surface area contributed by atoms with Crippen LogP contribution in [0.25, 0.3) is 21.8 Å². The van der Waals surface area contributed by atoms with E-state index in [1.807, 2.05) is 72.8 Å². The van der Waals surface area contributed by atoms with E-state index in [-0.39, 0.29) is 17.6 Å². The summed E-state index contributed by atoms with van der Waals surface area (Å²) in [5, 5.41) is 5.04. The number of amides is 1. The zero-order chi connectivity index (χ0) is 25.1. The van der Waals surface area contributed by atoms with Crippen LogP contribution in [-0.4, -0.2) is 36.4 Å². The molecule has 1 heterocycles. The summed E-state index contributed by atoms with van der Waals surface area (Å²) >= 11 is 1.43. The SMILES string of the molecule is COc1ccc(C(=O)Nc2cccc(SCC(=O)n3c4ccccc4c4ccccc43)c2)cc1OC. The Morgan fingerprint density at radius 2 is 1.44 bits per heavy atom. The van der Waals surface area contributed by atoms with Gasteiger partial charge in [-0.3, -0.25) is 14.2 Å². The van der Waals surface area contributed by atoms with E-state index in [0.29, 0.717) is 22.7 Å². The molecule has 0 bridgehead atoms. The molecule has 0 saturated carbocycles. The lowest BCUT2D eigenvalue weighted by atomic mass is 10.2. The highest BCUT2D eigenvalue weighted by atomic mass is 32.2. The third-order valence-corrected chi connectivity index (χ3v) is 6.91. The summed E-state index contributed by atoms with van der Waals surface area (Å²) in [6.45, 7) is 0. The standard InChI is InChI=1S/C29H24N2O4S/c1-34-26-15-14-19(16-27(26)35-2)29(33)30-20-8-7-9-21(17-20)36-18-28(32)31-24-12-5-3-10-22(24)23-11-4-6-13-25(23)31/h3-17H,18H2,1-2H3,(H,30,33). The maximum Gasteiger partial charge on any atom is 0.255 e. The van der Waals surface area contributed by atoms with Crippen molar-refractivity contribution >= 4 is 51.1 Å². The molecule has 0 aliphatic rings. The van der Waals surface area contributed by atoms with Crippen LogP contribution in [0.5, 0.6) is 11.5 Å². The van der Waals surface area contributed by atoms with Crippen LogP contribution in [0.15, 0.2) is 95.9 Å². The van der Waals surface area contributed by atoms with Crippen molar-refractivity contribution in [2.24, 2.45) is 0 Å². The number of carbonyl (C=O) groups excluding carboxylic acids is 2. The van der Waals surface area contributed by atoms with Crippen LogP contribution >= 0.6 is 11.8 Å². The molecule has 1 amide bonds. The van der Waals surface area contributed by atoms with Crippen molar-refractivity contribution in [3.05, 3.63) is 96.6 Å². The number of carbonyl (C=O) groups is 2. The van der Waals surface area contributed by atoms with Crippen molar-refractivity contribution in [2.75, 3.05) is 25.3 Å². The number of para-hydroxylation sites is 2. The molecule has 36 heavy (non-hydrogen) atoms. The smallest absolute Gasteiger partial charge is 0.255 e. The van der Waals surface area contributed by atoms with Gasteiger partial charge in [0.1, 0.15) is 0 Å². The van der Waals surface area contributed by atoms with Gasteiger partial charge in [-0.1, -0.05) is 42.5 Å². The molecule has 0 unspecified atom stereocenters. The van der Waals surface area contributed by atoms with Crippen molar-refractivity contribution in [2.45, 2.75) is 4.90 Å². The minimum absolute atomic E-state index is 0.00262. The highest BCUT2D eigenvalue weighted by Gasteiger charge is 2.16. The van der Waals surface area contributed by atoms with Gasteiger partial charge in [0.05, 0.1) is 31.0 Å². The first-order valence-electron chi connectivity index (χ1n) is 11.4. The van der Waals surface area contributed by atoms with Gasteiger partial charge in [-0.2, -0.15) is 0 Å². The van der Waals surface area contributed by atoms with Crippen LogP contribution in [-0.2, 0) is 0 Å². The van der Waals surface area contributed by atoms with Crippen molar-refractivity contribution < 1.29 is 19.1 Å². The molecule has 5 aromatic rings. The number of methoxy groups -OCH3 is 2. The summed E-state index contributed by atoms with van der Waals surface area (Å²) in [5.41, 5.74) is 2.90. The van der Waals surface area contributed by atoms with Crippen LogP contribution in [0.3, 0.4) is 0 Å². The summed E-state index contributed by atoms with van der Waals surface area (Å²) in [6.07, 6.45) is 0. The molecule has 7 heteroatoms. The number of benzene rings is 4. The Balaban J connectivity index is 1.32. The van der Waals surface area contributed by atoms with Gasteiger partial charge in [0.15, 0.2) is 11.5 Å². The summed E-state index contributed by atoms with van der Waals surface area (Å²) in [5.74, 6) is 1.03. The second-order valence-corrected chi connectivity index (χ2v) is 9.15. The second-order valence-electron chi connectivity index (χ2n) is 8.10. The van der Waals surface area contributed by atoms with Gasteiger partial charge in [-0.15, -0.1) is 11.8 Å². The normalized spacial score (nSPS) is 10.9. The highest BCUT2D eigenvalue weighted by Crippen LogP contribution is 2.31. The fourth-order valence-corrected chi connectivity index (χ4v) is 5.05. The van der Waals surface area contributed by atoms with Crippen molar-refractivity contribution in [3.63, 3.8) is 0 Å². The van der Waals surface area contributed by atoms with Crippen LogP contribution in [0.1, 0.15) is 15.2 Å². The average molecular weight is 497 g/mol. The maximum atomic E-state index is 13.3. The van der Waals surface area contributed by atoms with Gasteiger partial charge in [0.25, 0.3) is 5.91 Å². The summed E-state index contributed by atoms with van der Waals surface area (Å²) in [6, 6.07) is 28.4. The van der Waals surface area contributed by atoms with Crippen LogP contribution < -0.4 is 14.8 Å². The predicted molar refractivity (Wildman–Crippen MR) is 145 cm³/mol. The largest absolute Gasteiger partial charge is 0.493 e. The van der Waals surface area contributed by atoms with E-state index in [2.05, 4.69) is 5.32 Å². The molecule has 0 aliphatic heterocycles. The number of thioether (sulfide) groups is 1. The number of nitrogens with zero attached hydrogens (tertiary/aromatic N) is 1. The molecule has 5 rings (SSSR count). The molecule has 0 saturated heterocycles. The zero-order valence-electron chi connectivity index (χ0n) is 19.9. The van der Waals surface area contributed by atoms with E-state index < -0.39 is 0 Å². The lowest BCUT2D eigenvalue weighted by molar-refractivity contribution is 0.0950. The molecule has 0 atom stereocenters. The Hall–Kier alpha value is -4.23. The molecule has 180 valence electrons. The number of anilines is 1. The maximum absolute atomic E-state index is 13.3. The van der Waals surface area contributed by atoms with Gasteiger partial charge in [0.2, 0.25) is 5.91 Å². The number of hydrogen-bond acceptors (Lipinski definition) is 5. The molecule has 1 aromatic heterocycles. The fraction of sp³-hybridized carbons (Fsp3) is 0.103. The molecular weight excluding hydrogens is 472 g/mol. The monoisotopic (exact) mass is 496 g/mol. The molecule has 0 fully saturated rings. The number of nitrogens with one attached hydrogen (secondary N) is 1. The number of rotatable bonds is 7. The topological polar surface area (TPSA) is 69.6 Å². The van der Waals surface area contributed by atoms with E-state index in [4.69, 9.17) is 9.47 Å². The van der Waals surface area contributed by atoms with Crippen LogP contribution in [0, 0.1) is 0 Å². The Morgan fingerprint density at radius 1 is 0.778 bits per heavy atom. The van der Waals surface area contributed by atoms with Gasteiger partial charge < -0.3 is 14.8 Å². The molecule has 6 nitrogen and oxygen atoms in total. The second kappa shape index (κ2) is 10.2. The Morgan fingerprint density at radius 3 is 2.11 bits per heavy atom. The first-order valence-corrected chi connectivity index (χ1v) is 12.3. The van der Waals surface area contributed by atoms with Gasteiger partial charge >= 0.3 is 0 Å². The van der Waals surface area contributed by atoms with Crippen molar-refractivity contribution in [1.29, 1.82) is 0 Å². The summed E-state index contributed by atoms with van der Waals surface area (Å²) in [7, 11) is 3.08. The van der Waals surface area contributed by atoms with Gasteiger partial charge in [-0.05, 0) is 48.5 Å². The number of ether oxygens (including phenoxy) is 2. The molecule has 0 aliphatic carbocycles. The zero-order valence-corrected chi connectivity index (χ0v) is 20.7. The Labute approximate surface area is 212 Å². The number of fused-ring (bicyclic) bond motifs is 3. The number of aromatic nitrogens is 1.